The molecule has 0 atom stereocenters. The van der Waals surface area contributed by atoms with Gasteiger partial charge in [-0.15, -0.1) is 0 Å². The van der Waals surface area contributed by atoms with E-state index in [1.807, 2.05) is 0 Å². The molecule has 0 bridgehead atoms. The number of benzene rings is 1. The van der Waals surface area contributed by atoms with Gasteiger partial charge in [-0.2, -0.15) is 0 Å². The minimum Gasteiger partial charge on any atom is -0.371 e. The molecule has 2 rings (SSSR count). The first-order valence-electron chi connectivity index (χ1n) is 7.77. The van der Waals surface area contributed by atoms with Crippen LogP contribution in [0.25, 0.3) is 0 Å². The fourth-order valence-electron chi connectivity index (χ4n) is 2.47. The van der Waals surface area contributed by atoms with Crippen LogP contribution in [0.4, 0.5) is 5.69 Å². The van der Waals surface area contributed by atoms with Gasteiger partial charge in [-0.25, -0.2) is 0 Å². The van der Waals surface area contributed by atoms with Crippen molar-refractivity contribution in [1.29, 1.82) is 0 Å². The highest BCUT2D eigenvalue weighted by Gasteiger charge is 2.24. The molecule has 0 radical (unpaired) electrons. The van der Waals surface area contributed by atoms with Crippen molar-refractivity contribution in [2.24, 2.45) is 5.92 Å². The maximum atomic E-state index is 3.54. The van der Waals surface area contributed by atoms with Gasteiger partial charge < -0.3 is 10.2 Å². The Hall–Kier alpha value is -1.02. The Balaban J connectivity index is 2.09. The first-order chi connectivity index (χ1) is 9.20. The second-order valence-corrected chi connectivity index (χ2v) is 6.05. The Morgan fingerprint density at radius 2 is 2.00 bits per heavy atom. The summed E-state index contributed by atoms with van der Waals surface area (Å²) in [5, 5.41) is 3.54. The number of rotatable bonds is 8. The second-order valence-electron chi connectivity index (χ2n) is 6.05. The molecule has 1 N–H and O–H groups in total. The molecule has 1 saturated carbocycles. The van der Waals surface area contributed by atoms with Gasteiger partial charge in [0.15, 0.2) is 0 Å². The largest absolute Gasteiger partial charge is 0.371 e. The van der Waals surface area contributed by atoms with Crippen molar-refractivity contribution >= 4 is 5.69 Å². The van der Waals surface area contributed by atoms with E-state index in [9.17, 15) is 0 Å². The van der Waals surface area contributed by atoms with Gasteiger partial charge in [-0.1, -0.05) is 39.0 Å². The average Bonchev–Trinajstić information content (AvgIpc) is 3.20. The summed E-state index contributed by atoms with van der Waals surface area (Å²) < 4.78 is 0. The molecule has 2 heteroatoms. The lowest BCUT2D eigenvalue weighted by Crippen LogP contribution is -2.29. The Kier molecular flexibility index (Phi) is 5.26. The average molecular weight is 260 g/mol. The Morgan fingerprint density at radius 3 is 2.63 bits per heavy atom. The van der Waals surface area contributed by atoms with Gasteiger partial charge in [-0.05, 0) is 36.8 Å². The molecule has 1 aliphatic carbocycles. The van der Waals surface area contributed by atoms with Gasteiger partial charge in [0.2, 0.25) is 0 Å². The fourth-order valence-corrected chi connectivity index (χ4v) is 2.47. The summed E-state index contributed by atoms with van der Waals surface area (Å²) in [5.41, 5.74) is 2.87. The van der Waals surface area contributed by atoms with E-state index in [1.165, 1.54) is 43.6 Å². The normalized spacial score (nSPS) is 14.9. The summed E-state index contributed by atoms with van der Waals surface area (Å²) >= 11 is 0. The van der Waals surface area contributed by atoms with E-state index in [-0.39, 0.29) is 0 Å². The molecule has 2 nitrogen and oxygen atoms in total. The molecule has 1 aliphatic rings. The number of anilines is 1. The molecule has 0 unspecified atom stereocenters. The van der Waals surface area contributed by atoms with E-state index < -0.39 is 0 Å². The first-order valence-corrected chi connectivity index (χ1v) is 7.77. The van der Waals surface area contributed by atoms with Crippen molar-refractivity contribution in [3.8, 4) is 0 Å². The third-order valence-electron chi connectivity index (χ3n) is 3.70. The molecule has 0 aliphatic heterocycles. The van der Waals surface area contributed by atoms with Gasteiger partial charge in [0.05, 0.1) is 0 Å². The molecule has 1 aromatic rings. The van der Waals surface area contributed by atoms with E-state index in [1.54, 1.807) is 0 Å². The monoisotopic (exact) mass is 260 g/mol. The number of nitrogens with one attached hydrogen (secondary N) is 1. The van der Waals surface area contributed by atoms with Crippen molar-refractivity contribution in [2.75, 3.05) is 18.0 Å². The summed E-state index contributed by atoms with van der Waals surface area (Å²) in [6.45, 7) is 10.1. The molecule has 1 fully saturated rings. The predicted octanol–water partition coefficient (Wildman–Crippen LogP) is 3.81. The number of hydrogen-bond donors (Lipinski definition) is 1. The lowest BCUT2D eigenvalue weighted by molar-refractivity contribution is 0.586. The quantitative estimate of drug-likeness (QED) is 0.764. The van der Waals surface area contributed by atoms with Crippen LogP contribution < -0.4 is 10.2 Å². The molecule has 19 heavy (non-hydrogen) atoms. The van der Waals surface area contributed by atoms with E-state index in [0.29, 0.717) is 6.04 Å². The number of para-hydroxylation sites is 1. The Morgan fingerprint density at radius 1 is 1.26 bits per heavy atom. The smallest absolute Gasteiger partial charge is 0.0411 e. The molecule has 0 spiro atoms. The van der Waals surface area contributed by atoms with Crippen LogP contribution in [0.3, 0.4) is 0 Å². The van der Waals surface area contributed by atoms with Crippen molar-refractivity contribution in [3.05, 3.63) is 29.8 Å². The topological polar surface area (TPSA) is 15.3 Å². The van der Waals surface area contributed by atoms with E-state index >= 15 is 0 Å². The molecule has 106 valence electrons. The van der Waals surface area contributed by atoms with Crippen molar-refractivity contribution < 1.29 is 0 Å². The second kappa shape index (κ2) is 6.95. The van der Waals surface area contributed by atoms with Crippen LogP contribution >= 0.6 is 0 Å². The Bertz CT molecular complexity index is 383. The van der Waals surface area contributed by atoms with Crippen LogP contribution in [-0.4, -0.2) is 19.1 Å². The lowest BCUT2D eigenvalue weighted by atomic mass is 10.1. The minimum atomic E-state index is 0.538. The fraction of sp³-hybridized carbons (Fsp3) is 0.647. The maximum absolute atomic E-state index is 3.54. The van der Waals surface area contributed by atoms with Crippen LogP contribution in [0.1, 0.15) is 45.6 Å². The van der Waals surface area contributed by atoms with Crippen LogP contribution in [-0.2, 0) is 6.54 Å². The zero-order valence-corrected chi connectivity index (χ0v) is 12.7. The van der Waals surface area contributed by atoms with Gasteiger partial charge in [0.25, 0.3) is 0 Å². The van der Waals surface area contributed by atoms with E-state index in [0.717, 1.165) is 12.5 Å². The molecule has 1 aromatic carbocycles. The standard InChI is InChI=1S/C17H28N2/c1-4-11-19(13-15-9-10-15)17-8-6-5-7-16(17)12-18-14(2)3/h5-8,14-15,18H,4,9-13H2,1-3H3. The first kappa shape index (κ1) is 14.4. The molecule has 0 aromatic heterocycles. The summed E-state index contributed by atoms with van der Waals surface area (Å²) in [6, 6.07) is 9.41. The number of hydrogen-bond acceptors (Lipinski definition) is 2. The zero-order valence-electron chi connectivity index (χ0n) is 12.7. The predicted molar refractivity (Wildman–Crippen MR) is 83.6 cm³/mol. The molecular formula is C17H28N2. The highest BCUT2D eigenvalue weighted by molar-refractivity contribution is 5.53. The molecule has 0 saturated heterocycles. The van der Waals surface area contributed by atoms with Gasteiger partial charge >= 0.3 is 0 Å². The summed E-state index contributed by atoms with van der Waals surface area (Å²) in [5.74, 6) is 0.942. The third kappa shape index (κ3) is 4.54. The third-order valence-corrected chi connectivity index (χ3v) is 3.70. The lowest BCUT2D eigenvalue weighted by Gasteiger charge is -2.27. The maximum Gasteiger partial charge on any atom is 0.0411 e. The molecule has 0 heterocycles. The number of nitrogens with zero attached hydrogens (tertiary/aromatic N) is 1. The minimum absolute atomic E-state index is 0.538. The summed E-state index contributed by atoms with van der Waals surface area (Å²) in [7, 11) is 0. The highest BCUT2D eigenvalue weighted by Crippen LogP contribution is 2.32. The van der Waals surface area contributed by atoms with Crippen LogP contribution in [0, 0.1) is 5.92 Å². The molecular weight excluding hydrogens is 232 g/mol. The van der Waals surface area contributed by atoms with Crippen molar-refractivity contribution in [1.82, 2.24) is 5.32 Å². The van der Waals surface area contributed by atoms with Gasteiger partial charge in [0, 0.05) is 31.4 Å². The van der Waals surface area contributed by atoms with Crippen molar-refractivity contribution in [2.45, 2.75) is 52.6 Å². The van der Waals surface area contributed by atoms with Crippen LogP contribution in [0.2, 0.25) is 0 Å². The van der Waals surface area contributed by atoms with Crippen molar-refractivity contribution in [3.63, 3.8) is 0 Å². The molecule has 0 amide bonds. The SMILES string of the molecule is CCCN(CC1CC1)c1ccccc1CNC(C)C. The van der Waals surface area contributed by atoms with E-state index in [2.05, 4.69) is 55.3 Å². The van der Waals surface area contributed by atoms with Gasteiger partial charge in [-0.3, -0.25) is 0 Å². The van der Waals surface area contributed by atoms with Crippen LogP contribution in [0.5, 0.6) is 0 Å². The summed E-state index contributed by atoms with van der Waals surface area (Å²) in [6.07, 6.45) is 4.07. The Labute approximate surface area is 118 Å². The van der Waals surface area contributed by atoms with Crippen LogP contribution in [0.15, 0.2) is 24.3 Å². The van der Waals surface area contributed by atoms with E-state index in [4.69, 9.17) is 0 Å². The highest BCUT2D eigenvalue weighted by atomic mass is 15.1. The zero-order chi connectivity index (χ0) is 13.7. The van der Waals surface area contributed by atoms with Gasteiger partial charge in [0.1, 0.15) is 0 Å². The summed E-state index contributed by atoms with van der Waals surface area (Å²) in [4.78, 5) is 2.59.